The van der Waals surface area contributed by atoms with Gasteiger partial charge in [0, 0.05) is 37.3 Å². The van der Waals surface area contributed by atoms with Gasteiger partial charge in [-0.1, -0.05) is 35.9 Å². The molecule has 2 aromatic carbocycles. The number of aryl methyl sites for hydroxylation is 3. The van der Waals surface area contributed by atoms with E-state index in [1.54, 1.807) is 0 Å². The highest BCUT2D eigenvalue weighted by molar-refractivity contribution is 5.98. The van der Waals surface area contributed by atoms with Crippen LogP contribution >= 0.6 is 0 Å². The molecule has 4 heteroatoms. The summed E-state index contributed by atoms with van der Waals surface area (Å²) in [6.45, 7) is 8.31. The lowest BCUT2D eigenvalue weighted by Crippen LogP contribution is -2.50. The summed E-state index contributed by atoms with van der Waals surface area (Å²) in [6.07, 6.45) is 0. The normalized spacial score (nSPS) is 14.5. The molecule has 1 saturated heterocycles. The van der Waals surface area contributed by atoms with E-state index >= 15 is 0 Å². The van der Waals surface area contributed by atoms with Crippen LogP contribution in [0, 0.1) is 20.8 Å². The number of carbonyl (C=O) groups excluding carboxylic acids is 2. The minimum absolute atomic E-state index is 0.0374. The van der Waals surface area contributed by atoms with E-state index in [4.69, 9.17) is 0 Å². The molecule has 1 aliphatic rings. The first-order valence-electron chi connectivity index (χ1n) is 8.69. The van der Waals surface area contributed by atoms with Gasteiger partial charge in [-0.2, -0.15) is 0 Å². The maximum atomic E-state index is 12.9. The summed E-state index contributed by atoms with van der Waals surface area (Å²) in [5.74, 6) is 0.109. The summed E-state index contributed by atoms with van der Waals surface area (Å²) in [5.41, 5.74) is 4.71. The van der Waals surface area contributed by atoms with Crippen LogP contribution in [0.15, 0.2) is 42.5 Å². The molecule has 130 valence electrons. The Morgan fingerprint density at radius 3 is 1.76 bits per heavy atom. The summed E-state index contributed by atoms with van der Waals surface area (Å²) in [6, 6.07) is 13.4. The largest absolute Gasteiger partial charge is 0.335 e. The predicted octanol–water partition coefficient (Wildman–Crippen LogP) is 3.21. The van der Waals surface area contributed by atoms with Gasteiger partial charge in [0.2, 0.25) is 0 Å². The van der Waals surface area contributed by atoms with Crippen LogP contribution in [0.1, 0.15) is 37.4 Å². The molecule has 0 bridgehead atoms. The van der Waals surface area contributed by atoms with Gasteiger partial charge in [-0.25, -0.2) is 0 Å². The lowest BCUT2D eigenvalue weighted by atomic mass is 9.98. The number of piperazine rings is 1. The van der Waals surface area contributed by atoms with Crippen LogP contribution in [0.5, 0.6) is 0 Å². The van der Waals surface area contributed by atoms with E-state index in [1.807, 2.05) is 60.9 Å². The van der Waals surface area contributed by atoms with E-state index in [9.17, 15) is 9.59 Å². The predicted molar refractivity (Wildman–Crippen MR) is 98.9 cm³/mol. The van der Waals surface area contributed by atoms with Gasteiger partial charge in [-0.05, 0) is 44.0 Å². The summed E-state index contributed by atoms with van der Waals surface area (Å²) in [7, 11) is 0. The summed E-state index contributed by atoms with van der Waals surface area (Å²) >= 11 is 0. The molecule has 0 saturated carbocycles. The molecular weight excluding hydrogens is 312 g/mol. The van der Waals surface area contributed by atoms with Crippen LogP contribution in [0.4, 0.5) is 0 Å². The van der Waals surface area contributed by atoms with Gasteiger partial charge in [-0.3, -0.25) is 9.59 Å². The van der Waals surface area contributed by atoms with Crippen molar-refractivity contribution in [2.45, 2.75) is 20.8 Å². The molecule has 0 N–H and O–H groups in total. The number of amides is 2. The molecule has 25 heavy (non-hydrogen) atoms. The molecule has 0 aromatic heterocycles. The van der Waals surface area contributed by atoms with Gasteiger partial charge >= 0.3 is 0 Å². The number of hydrogen-bond donors (Lipinski definition) is 0. The smallest absolute Gasteiger partial charge is 0.254 e. The Kier molecular flexibility index (Phi) is 4.88. The Morgan fingerprint density at radius 1 is 0.760 bits per heavy atom. The monoisotopic (exact) mass is 336 g/mol. The van der Waals surface area contributed by atoms with Crippen LogP contribution < -0.4 is 0 Å². The van der Waals surface area contributed by atoms with Crippen LogP contribution in [0.3, 0.4) is 0 Å². The lowest BCUT2D eigenvalue weighted by Gasteiger charge is -2.35. The van der Waals surface area contributed by atoms with Crippen molar-refractivity contribution in [3.8, 4) is 0 Å². The molecule has 0 aliphatic carbocycles. The Balaban J connectivity index is 1.68. The highest BCUT2D eigenvalue weighted by Crippen LogP contribution is 2.19. The second kappa shape index (κ2) is 7.09. The van der Waals surface area contributed by atoms with E-state index in [-0.39, 0.29) is 11.8 Å². The van der Waals surface area contributed by atoms with Crippen molar-refractivity contribution in [3.63, 3.8) is 0 Å². The fourth-order valence-electron chi connectivity index (χ4n) is 3.55. The molecule has 0 spiro atoms. The van der Waals surface area contributed by atoms with Gasteiger partial charge in [0.25, 0.3) is 11.8 Å². The maximum absolute atomic E-state index is 12.9. The fourth-order valence-corrected chi connectivity index (χ4v) is 3.55. The van der Waals surface area contributed by atoms with Crippen molar-refractivity contribution in [2.75, 3.05) is 26.2 Å². The van der Waals surface area contributed by atoms with Gasteiger partial charge < -0.3 is 9.80 Å². The van der Waals surface area contributed by atoms with Crippen LogP contribution in [0.25, 0.3) is 0 Å². The van der Waals surface area contributed by atoms with E-state index < -0.39 is 0 Å². The first-order valence-corrected chi connectivity index (χ1v) is 8.69. The third kappa shape index (κ3) is 3.58. The second-order valence-electron chi connectivity index (χ2n) is 6.72. The van der Waals surface area contributed by atoms with E-state index in [0.29, 0.717) is 31.7 Å². The maximum Gasteiger partial charge on any atom is 0.254 e. The quantitative estimate of drug-likeness (QED) is 0.845. The Labute approximate surface area is 149 Å². The van der Waals surface area contributed by atoms with E-state index in [0.717, 1.165) is 16.7 Å². The van der Waals surface area contributed by atoms with E-state index in [1.165, 1.54) is 5.56 Å². The lowest BCUT2D eigenvalue weighted by molar-refractivity contribution is 0.0534. The van der Waals surface area contributed by atoms with Gasteiger partial charge in [0.05, 0.1) is 0 Å². The highest BCUT2D eigenvalue weighted by Gasteiger charge is 2.26. The van der Waals surface area contributed by atoms with E-state index in [2.05, 4.69) is 12.1 Å². The topological polar surface area (TPSA) is 40.6 Å². The molecule has 1 aliphatic heterocycles. The molecule has 1 fully saturated rings. The molecule has 0 radical (unpaired) electrons. The first-order chi connectivity index (χ1) is 12.0. The molecule has 4 nitrogen and oxygen atoms in total. The summed E-state index contributed by atoms with van der Waals surface area (Å²) in [5, 5.41) is 0. The summed E-state index contributed by atoms with van der Waals surface area (Å²) in [4.78, 5) is 29.1. The molecular formula is C21H24N2O2. The minimum Gasteiger partial charge on any atom is -0.335 e. The number of nitrogens with zero attached hydrogens (tertiary/aromatic N) is 2. The Hall–Kier alpha value is -2.62. The van der Waals surface area contributed by atoms with Crippen molar-refractivity contribution in [1.29, 1.82) is 0 Å². The number of benzene rings is 2. The average molecular weight is 336 g/mol. The first kappa shape index (κ1) is 17.2. The Bertz CT molecular complexity index is 768. The number of rotatable bonds is 2. The van der Waals surface area contributed by atoms with Gasteiger partial charge in [0.15, 0.2) is 0 Å². The van der Waals surface area contributed by atoms with Crippen molar-refractivity contribution >= 4 is 11.8 Å². The molecule has 0 unspecified atom stereocenters. The molecule has 2 aromatic rings. The number of hydrogen-bond acceptors (Lipinski definition) is 2. The van der Waals surface area contributed by atoms with Crippen LogP contribution in [-0.4, -0.2) is 47.8 Å². The fraction of sp³-hybridized carbons (Fsp3) is 0.333. The zero-order chi connectivity index (χ0) is 18.0. The van der Waals surface area contributed by atoms with Gasteiger partial charge in [-0.15, -0.1) is 0 Å². The molecule has 3 rings (SSSR count). The van der Waals surface area contributed by atoms with Crippen molar-refractivity contribution < 1.29 is 9.59 Å². The number of carbonyl (C=O) groups is 2. The Morgan fingerprint density at radius 2 is 1.24 bits per heavy atom. The van der Waals surface area contributed by atoms with Crippen molar-refractivity contribution in [3.05, 3.63) is 70.3 Å². The molecule has 2 amide bonds. The van der Waals surface area contributed by atoms with Crippen LogP contribution in [0.2, 0.25) is 0 Å². The van der Waals surface area contributed by atoms with Crippen molar-refractivity contribution in [2.24, 2.45) is 0 Å². The summed E-state index contributed by atoms with van der Waals surface area (Å²) < 4.78 is 0. The van der Waals surface area contributed by atoms with Crippen LogP contribution in [-0.2, 0) is 0 Å². The molecule has 1 heterocycles. The third-order valence-electron chi connectivity index (χ3n) is 4.77. The minimum atomic E-state index is 0.0374. The third-order valence-corrected chi connectivity index (χ3v) is 4.77. The molecule has 0 atom stereocenters. The van der Waals surface area contributed by atoms with Crippen molar-refractivity contribution in [1.82, 2.24) is 9.80 Å². The van der Waals surface area contributed by atoms with Gasteiger partial charge in [0.1, 0.15) is 0 Å². The SMILES string of the molecule is Cc1cc(C)c(C(=O)N2CCN(C(=O)c3ccccc3)CC2)c(C)c1. The zero-order valence-corrected chi connectivity index (χ0v) is 15.1. The second-order valence-corrected chi connectivity index (χ2v) is 6.72. The highest BCUT2D eigenvalue weighted by atomic mass is 16.2. The average Bonchev–Trinajstić information content (AvgIpc) is 2.61. The zero-order valence-electron chi connectivity index (χ0n) is 15.1. The standard InChI is InChI=1S/C21H24N2O2/c1-15-13-16(2)19(17(3)14-15)21(25)23-11-9-22(10-12-23)20(24)18-7-5-4-6-8-18/h4-8,13-14H,9-12H2,1-3H3.